The van der Waals surface area contributed by atoms with E-state index in [1.165, 1.54) is 0 Å². The Morgan fingerprint density at radius 3 is 2.73 bits per heavy atom. The summed E-state index contributed by atoms with van der Waals surface area (Å²) in [4.78, 5) is 4.27. The Hall–Kier alpha value is -0.860. The fourth-order valence-electron chi connectivity index (χ4n) is 0.641. The first kappa shape index (κ1) is 10.1. The van der Waals surface area contributed by atoms with Crippen LogP contribution in [0.4, 0.5) is 0 Å². The third kappa shape index (κ3) is 4.53. The van der Waals surface area contributed by atoms with Gasteiger partial charge in [-0.05, 0) is 26.5 Å². The molecule has 0 fully saturated rings. The lowest BCUT2D eigenvalue weighted by atomic mass is 10.2. The molecule has 0 aromatic rings. The van der Waals surface area contributed by atoms with E-state index in [0.29, 0.717) is 0 Å². The van der Waals surface area contributed by atoms with E-state index in [2.05, 4.69) is 22.4 Å². The van der Waals surface area contributed by atoms with Crippen LogP contribution in [0, 0.1) is 0 Å². The van der Waals surface area contributed by atoms with E-state index < -0.39 is 0 Å². The Labute approximate surface area is 68.6 Å². The fourth-order valence-corrected chi connectivity index (χ4v) is 0.641. The van der Waals surface area contributed by atoms with Gasteiger partial charge < -0.3 is 5.43 Å². The zero-order valence-electron chi connectivity index (χ0n) is 7.76. The summed E-state index contributed by atoms with van der Waals surface area (Å²) >= 11 is 0. The molecule has 0 aliphatic rings. The molecule has 3 heteroatoms. The molecule has 0 aromatic carbocycles. The lowest BCUT2D eigenvalue weighted by molar-refractivity contribution is 0.862. The predicted octanol–water partition coefficient (Wildman–Crippen LogP) is 1.45. The first-order chi connectivity index (χ1) is 5.22. The van der Waals surface area contributed by atoms with Gasteiger partial charge in [0.2, 0.25) is 0 Å². The zero-order valence-corrected chi connectivity index (χ0v) is 7.76. The highest BCUT2D eigenvalue weighted by atomic mass is 15.3. The van der Waals surface area contributed by atoms with Gasteiger partial charge in [0.1, 0.15) is 0 Å². The Kier molecular flexibility index (Phi) is 5.43. The standard InChI is InChI=1S/C8H17N3/c1-5-6-10-7(2)8(3)11-9-4/h6-7,9H,5H2,1-4H3/b10-6-,11-8-. The molecule has 0 rings (SSSR count). The van der Waals surface area contributed by atoms with Gasteiger partial charge in [-0.3, -0.25) is 4.99 Å². The zero-order chi connectivity index (χ0) is 8.69. The van der Waals surface area contributed by atoms with Crippen molar-refractivity contribution >= 4 is 11.9 Å². The molecule has 0 aliphatic carbocycles. The van der Waals surface area contributed by atoms with Crippen LogP contribution in [0.5, 0.6) is 0 Å². The van der Waals surface area contributed by atoms with Gasteiger partial charge in [-0.15, -0.1) is 0 Å². The summed E-state index contributed by atoms with van der Waals surface area (Å²) < 4.78 is 0. The minimum absolute atomic E-state index is 0.197. The Morgan fingerprint density at radius 1 is 1.64 bits per heavy atom. The van der Waals surface area contributed by atoms with Crippen molar-refractivity contribution in [2.24, 2.45) is 10.1 Å². The molecule has 0 radical (unpaired) electrons. The van der Waals surface area contributed by atoms with Crippen LogP contribution >= 0.6 is 0 Å². The number of hydrogen-bond acceptors (Lipinski definition) is 3. The van der Waals surface area contributed by atoms with E-state index >= 15 is 0 Å². The third-order valence-corrected chi connectivity index (χ3v) is 1.40. The summed E-state index contributed by atoms with van der Waals surface area (Å²) in [5.41, 5.74) is 3.75. The number of nitrogens with one attached hydrogen (secondary N) is 1. The average molecular weight is 155 g/mol. The van der Waals surface area contributed by atoms with Crippen LogP contribution in [0.15, 0.2) is 10.1 Å². The van der Waals surface area contributed by atoms with Crippen molar-refractivity contribution < 1.29 is 0 Å². The lowest BCUT2D eigenvalue weighted by Crippen LogP contribution is -2.14. The van der Waals surface area contributed by atoms with E-state index in [-0.39, 0.29) is 6.04 Å². The molecule has 0 aromatic heterocycles. The molecule has 0 aliphatic heterocycles. The molecule has 0 bridgehead atoms. The van der Waals surface area contributed by atoms with Crippen LogP contribution < -0.4 is 5.43 Å². The predicted molar refractivity (Wildman–Crippen MR) is 50.4 cm³/mol. The number of nitrogens with zero attached hydrogens (tertiary/aromatic N) is 2. The van der Waals surface area contributed by atoms with E-state index in [4.69, 9.17) is 0 Å². The van der Waals surface area contributed by atoms with Crippen molar-refractivity contribution in [2.45, 2.75) is 33.2 Å². The first-order valence-corrected chi connectivity index (χ1v) is 3.94. The molecular weight excluding hydrogens is 138 g/mol. The van der Waals surface area contributed by atoms with Gasteiger partial charge in [0, 0.05) is 7.05 Å². The second-order valence-electron chi connectivity index (χ2n) is 2.39. The Morgan fingerprint density at radius 2 is 2.27 bits per heavy atom. The number of aliphatic imine (C=N–C) groups is 1. The van der Waals surface area contributed by atoms with Crippen molar-refractivity contribution in [1.82, 2.24) is 5.43 Å². The minimum atomic E-state index is 0.197. The van der Waals surface area contributed by atoms with Gasteiger partial charge in [0.05, 0.1) is 11.8 Å². The SMILES string of the molecule is CC/C=N\C(C)/C(C)=N\NC. The van der Waals surface area contributed by atoms with E-state index in [0.717, 1.165) is 12.1 Å². The monoisotopic (exact) mass is 155 g/mol. The van der Waals surface area contributed by atoms with Crippen LogP contribution in [0.3, 0.4) is 0 Å². The molecule has 0 saturated heterocycles. The Balaban J connectivity index is 3.91. The van der Waals surface area contributed by atoms with E-state index in [1.807, 2.05) is 20.1 Å². The molecule has 1 atom stereocenters. The maximum atomic E-state index is 4.27. The number of hydrogen-bond donors (Lipinski definition) is 1. The summed E-state index contributed by atoms with van der Waals surface area (Å²) in [6.45, 7) is 6.07. The van der Waals surface area contributed by atoms with Crippen molar-refractivity contribution in [2.75, 3.05) is 7.05 Å². The second kappa shape index (κ2) is 5.89. The average Bonchev–Trinajstić information content (AvgIpc) is 2.00. The van der Waals surface area contributed by atoms with Gasteiger partial charge in [-0.2, -0.15) is 5.10 Å². The van der Waals surface area contributed by atoms with E-state index in [1.54, 1.807) is 7.05 Å². The largest absolute Gasteiger partial charge is 0.313 e. The highest BCUT2D eigenvalue weighted by Crippen LogP contribution is 1.92. The van der Waals surface area contributed by atoms with Crippen LogP contribution in [-0.4, -0.2) is 25.0 Å². The molecule has 0 amide bonds. The van der Waals surface area contributed by atoms with Crippen LogP contribution in [0.1, 0.15) is 27.2 Å². The molecule has 1 unspecified atom stereocenters. The molecule has 0 spiro atoms. The van der Waals surface area contributed by atoms with Crippen molar-refractivity contribution in [3.8, 4) is 0 Å². The minimum Gasteiger partial charge on any atom is -0.313 e. The van der Waals surface area contributed by atoms with Gasteiger partial charge in [0.25, 0.3) is 0 Å². The van der Waals surface area contributed by atoms with Crippen molar-refractivity contribution in [1.29, 1.82) is 0 Å². The molecule has 0 saturated carbocycles. The van der Waals surface area contributed by atoms with Gasteiger partial charge in [0.15, 0.2) is 0 Å². The van der Waals surface area contributed by atoms with Crippen molar-refractivity contribution in [3.05, 3.63) is 0 Å². The summed E-state index contributed by atoms with van der Waals surface area (Å²) in [5, 5.41) is 4.03. The lowest BCUT2D eigenvalue weighted by Gasteiger charge is -2.03. The van der Waals surface area contributed by atoms with Gasteiger partial charge in [-0.25, -0.2) is 0 Å². The molecule has 0 heterocycles. The van der Waals surface area contributed by atoms with Crippen molar-refractivity contribution in [3.63, 3.8) is 0 Å². The van der Waals surface area contributed by atoms with Crippen LogP contribution in [-0.2, 0) is 0 Å². The maximum absolute atomic E-state index is 4.27. The molecule has 64 valence electrons. The summed E-state index contributed by atoms with van der Waals surface area (Å²) in [7, 11) is 1.79. The molecule has 1 N–H and O–H groups in total. The molecule has 3 nitrogen and oxygen atoms in total. The normalized spacial score (nSPS) is 15.5. The van der Waals surface area contributed by atoms with Gasteiger partial charge in [-0.1, -0.05) is 6.92 Å². The summed E-state index contributed by atoms with van der Waals surface area (Å²) in [6, 6.07) is 0.197. The Bertz CT molecular complexity index is 149. The fraction of sp³-hybridized carbons (Fsp3) is 0.750. The third-order valence-electron chi connectivity index (χ3n) is 1.40. The molecular formula is C8H17N3. The molecule has 11 heavy (non-hydrogen) atoms. The topological polar surface area (TPSA) is 36.8 Å². The summed E-state index contributed by atoms with van der Waals surface area (Å²) in [5.74, 6) is 0. The maximum Gasteiger partial charge on any atom is 0.0863 e. The quantitative estimate of drug-likeness (QED) is 0.484. The van der Waals surface area contributed by atoms with E-state index in [9.17, 15) is 0 Å². The number of rotatable bonds is 4. The summed E-state index contributed by atoms with van der Waals surface area (Å²) in [6.07, 6.45) is 2.90. The van der Waals surface area contributed by atoms with Crippen LogP contribution in [0.25, 0.3) is 0 Å². The van der Waals surface area contributed by atoms with Gasteiger partial charge >= 0.3 is 0 Å². The van der Waals surface area contributed by atoms with Crippen LogP contribution in [0.2, 0.25) is 0 Å². The first-order valence-electron chi connectivity index (χ1n) is 3.94. The number of hydrazone groups is 1. The smallest absolute Gasteiger partial charge is 0.0863 e. The highest BCUT2D eigenvalue weighted by Gasteiger charge is 2.00. The highest BCUT2D eigenvalue weighted by molar-refractivity contribution is 5.87. The second-order valence-corrected chi connectivity index (χ2v) is 2.39.